The second-order valence-electron chi connectivity index (χ2n) is 7.43. The average Bonchev–Trinajstić information content (AvgIpc) is 3.27. The molecule has 5 rings (SSSR count). The highest BCUT2D eigenvalue weighted by molar-refractivity contribution is 8.00. The summed E-state index contributed by atoms with van der Waals surface area (Å²) in [6.07, 6.45) is 0. The van der Waals surface area contributed by atoms with Crippen LogP contribution in [-0.4, -0.2) is 33.1 Å². The molecule has 1 aliphatic heterocycles. The quantitative estimate of drug-likeness (QED) is 0.421. The van der Waals surface area contributed by atoms with Gasteiger partial charge in [-0.2, -0.15) is 0 Å². The second kappa shape index (κ2) is 9.17. The van der Waals surface area contributed by atoms with Crippen molar-refractivity contribution in [2.24, 2.45) is 0 Å². The number of nitrogens with one attached hydrogen (secondary N) is 2. The number of hydrogen-bond donors (Lipinski definition) is 2. The van der Waals surface area contributed by atoms with Gasteiger partial charge in [0, 0.05) is 22.3 Å². The smallest absolute Gasteiger partial charge is 0.240 e. The number of rotatable bonds is 5. The fourth-order valence-electron chi connectivity index (χ4n) is 3.66. The van der Waals surface area contributed by atoms with Crippen molar-refractivity contribution >= 4 is 35.0 Å². The summed E-state index contributed by atoms with van der Waals surface area (Å²) in [6, 6.07) is 24.2. The molecule has 166 valence electrons. The van der Waals surface area contributed by atoms with Crippen LogP contribution in [0, 0.1) is 0 Å². The van der Waals surface area contributed by atoms with E-state index in [1.165, 1.54) is 11.8 Å². The van der Waals surface area contributed by atoms with Crippen molar-refractivity contribution in [3.8, 4) is 17.1 Å². The third-order valence-electron chi connectivity index (χ3n) is 5.29. The first-order valence-electron chi connectivity index (χ1n) is 10.3. The van der Waals surface area contributed by atoms with Crippen LogP contribution >= 0.6 is 23.4 Å². The number of hydrogen-bond acceptors (Lipinski definition) is 6. The van der Waals surface area contributed by atoms with Crippen molar-refractivity contribution in [1.82, 2.24) is 14.9 Å². The van der Waals surface area contributed by atoms with Gasteiger partial charge in [0.05, 0.1) is 13.2 Å². The fraction of sp³-hybridized carbons (Fsp3) is 0.125. The molecular formula is C24H20ClN5O2S. The number of nitrogens with zero attached hydrogens (tertiary/aromatic N) is 3. The molecule has 2 atom stereocenters. The van der Waals surface area contributed by atoms with E-state index in [1.807, 2.05) is 77.5 Å². The highest BCUT2D eigenvalue weighted by Gasteiger charge is 2.38. The zero-order valence-electron chi connectivity index (χ0n) is 17.6. The molecule has 4 aromatic rings. The topological polar surface area (TPSA) is 81.1 Å². The van der Waals surface area contributed by atoms with Gasteiger partial charge in [0.2, 0.25) is 11.1 Å². The van der Waals surface area contributed by atoms with Crippen LogP contribution in [0.15, 0.2) is 84.0 Å². The maximum absolute atomic E-state index is 13.4. The van der Waals surface area contributed by atoms with E-state index in [-0.39, 0.29) is 11.9 Å². The van der Waals surface area contributed by atoms with Crippen molar-refractivity contribution in [2.45, 2.75) is 16.4 Å². The molecule has 0 saturated heterocycles. The van der Waals surface area contributed by atoms with E-state index in [1.54, 1.807) is 13.2 Å². The molecule has 0 spiro atoms. The number of ether oxygens (including phenoxy) is 1. The summed E-state index contributed by atoms with van der Waals surface area (Å²) in [5, 5.41) is 12.5. The molecule has 0 unspecified atom stereocenters. The highest BCUT2D eigenvalue weighted by atomic mass is 35.5. The fourth-order valence-corrected chi connectivity index (χ4v) is 4.87. The van der Waals surface area contributed by atoms with Crippen LogP contribution in [0.5, 0.6) is 5.75 Å². The summed E-state index contributed by atoms with van der Waals surface area (Å²) in [6.45, 7) is 0. The lowest BCUT2D eigenvalue weighted by Crippen LogP contribution is -2.41. The summed E-state index contributed by atoms with van der Waals surface area (Å²) in [5.41, 5.74) is 5.98. The molecule has 1 aliphatic rings. The Kier molecular flexibility index (Phi) is 5.93. The number of anilines is 1. The SMILES string of the molecule is COc1cccc(NC(=O)[C@H]2Sc3nnc(-c4ccccc4)n3N[C@H]2c2ccc(Cl)cc2)c1. The van der Waals surface area contributed by atoms with E-state index in [0.717, 1.165) is 11.1 Å². The molecule has 0 aliphatic carbocycles. The number of halogens is 1. The number of carbonyl (C=O) groups excluding carboxylic acids is 1. The first-order valence-corrected chi connectivity index (χ1v) is 11.5. The Hall–Kier alpha value is -3.49. The standard InChI is InChI=1S/C24H20ClN5O2S/c1-32-19-9-5-8-18(14-19)26-23(31)21-20(15-10-12-17(25)13-11-15)29-30-22(27-28-24(30)33-21)16-6-3-2-4-7-16/h2-14,20-21,29H,1H3,(H,26,31)/t20-,21-/m0/s1. The van der Waals surface area contributed by atoms with E-state index in [4.69, 9.17) is 16.3 Å². The third-order valence-corrected chi connectivity index (χ3v) is 6.76. The molecule has 33 heavy (non-hydrogen) atoms. The molecule has 1 amide bonds. The average molecular weight is 478 g/mol. The number of benzene rings is 3. The van der Waals surface area contributed by atoms with Gasteiger partial charge in [0.25, 0.3) is 0 Å². The molecule has 2 N–H and O–H groups in total. The maximum atomic E-state index is 13.4. The van der Waals surface area contributed by atoms with Gasteiger partial charge >= 0.3 is 0 Å². The number of aromatic nitrogens is 3. The van der Waals surface area contributed by atoms with E-state index in [2.05, 4.69) is 20.9 Å². The minimum atomic E-state index is -0.502. The molecule has 0 saturated carbocycles. The predicted molar refractivity (Wildman–Crippen MR) is 130 cm³/mol. The van der Waals surface area contributed by atoms with Crippen LogP contribution in [0.25, 0.3) is 11.4 Å². The highest BCUT2D eigenvalue weighted by Crippen LogP contribution is 2.39. The summed E-state index contributed by atoms with van der Waals surface area (Å²) < 4.78 is 7.11. The predicted octanol–water partition coefficient (Wildman–Crippen LogP) is 5.00. The lowest BCUT2D eigenvalue weighted by molar-refractivity contribution is -0.116. The lowest BCUT2D eigenvalue weighted by atomic mass is 10.0. The zero-order chi connectivity index (χ0) is 22.8. The van der Waals surface area contributed by atoms with E-state index in [0.29, 0.717) is 27.4 Å². The Labute approximate surface area is 200 Å². The van der Waals surface area contributed by atoms with Gasteiger partial charge in [0.15, 0.2) is 5.82 Å². The van der Waals surface area contributed by atoms with E-state index >= 15 is 0 Å². The van der Waals surface area contributed by atoms with Crippen LogP contribution in [0.3, 0.4) is 0 Å². The second-order valence-corrected chi connectivity index (χ2v) is 8.97. The van der Waals surface area contributed by atoms with Crippen LogP contribution in [0.4, 0.5) is 5.69 Å². The molecule has 3 aromatic carbocycles. The maximum Gasteiger partial charge on any atom is 0.240 e. The molecule has 0 fully saturated rings. The van der Waals surface area contributed by atoms with Crippen LogP contribution < -0.4 is 15.5 Å². The van der Waals surface area contributed by atoms with Crippen molar-refractivity contribution < 1.29 is 9.53 Å². The molecule has 0 bridgehead atoms. The lowest BCUT2D eigenvalue weighted by Gasteiger charge is -2.33. The Morgan fingerprint density at radius 1 is 1.06 bits per heavy atom. The van der Waals surface area contributed by atoms with Gasteiger partial charge in [-0.3, -0.25) is 4.79 Å². The van der Waals surface area contributed by atoms with Crippen LogP contribution in [-0.2, 0) is 4.79 Å². The van der Waals surface area contributed by atoms with Gasteiger partial charge in [-0.05, 0) is 29.8 Å². The van der Waals surface area contributed by atoms with Crippen molar-refractivity contribution in [1.29, 1.82) is 0 Å². The van der Waals surface area contributed by atoms with Crippen LogP contribution in [0.1, 0.15) is 11.6 Å². The van der Waals surface area contributed by atoms with Crippen molar-refractivity contribution in [3.63, 3.8) is 0 Å². The molecule has 7 nitrogen and oxygen atoms in total. The summed E-state index contributed by atoms with van der Waals surface area (Å²) in [7, 11) is 1.59. The number of methoxy groups -OCH3 is 1. The molecule has 9 heteroatoms. The van der Waals surface area contributed by atoms with Gasteiger partial charge in [0.1, 0.15) is 11.0 Å². The minimum absolute atomic E-state index is 0.156. The molecule has 1 aromatic heterocycles. The Bertz CT molecular complexity index is 1280. The Morgan fingerprint density at radius 3 is 2.61 bits per heavy atom. The number of amides is 1. The van der Waals surface area contributed by atoms with Crippen LogP contribution in [0.2, 0.25) is 5.02 Å². The van der Waals surface area contributed by atoms with Crippen molar-refractivity contribution in [2.75, 3.05) is 17.9 Å². The monoisotopic (exact) mass is 477 g/mol. The van der Waals surface area contributed by atoms with E-state index < -0.39 is 5.25 Å². The van der Waals surface area contributed by atoms with E-state index in [9.17, 15) is 4.79 Å². The largest absolute Gasteiger partial charge is 0.497 e. The normalized spacial score (nSPS) is 17.0. The summed E-state index contributed by atoms with van der Waals surface area (Å²) in [5.74, 6) is 1.20. The number of carbonyl (C=O) groups is 1. The van der Waals surface area contributed by atoms with Gasteiger partial charge in [-0.25, -0.2) is 4.68 Å². The van der Waals surface area contributed by atoms with Crippen molar-refractivity contribution in [3.05, 3.63) is 89.4 Å². The third kappa shape index (κ3) is 4.40. The summed E-state index contributed by atoms with van der Waals surface area (Å²) >= 11 is 7.48. The Morgan fingerprint density at radius 2 is 1.85 bits per heavy atom. The first-order chi connectivity index (χ1) is 16.1. The van der Waals surface area contributed by atoms with Gasteiger partial charge < -0.3 is 15.5 Å². The van der Waals surface area contributed by atoms with Gasteiger partial charge in [-0.15, -0.1) is 10.2 Å². The minimum Gasteiger partial charge on any atom is -0.497 e. The molecular weight excluding hydrogens is 458 g/mol. The Balaban J connectivity index is 1.50. The van der Waals surface area contributed by atoms with Gasteiger partial charge in [-0.1, -0.05) is 71.9 Å². The molecule has 0 radical (unpaired) electrons. The number of fused-ring (bicyclic) bond motifs is 1. The molecule has 2 heterocycles. The summed E-state index contributed by atoms with van der Waals surface area (Å²) in [4.78, 5) is 13.4. The number of thioether (sulfide) groups is 1. The zero-order valence-corrected chi connectivity index (χ0v) is 19.2. The first kappa shape index (κ1) is 21.4.